The summed E-state index contributed by atoms with van der Waals surface area (Å²) in [5, 5.41) is 10.1. The number of rotatable bonds is 4. The first kappa shape index (κ1) is 16.9. The lowest BCUT2D eigenvalue weighted by Gasteiger charge is -2.33. The van der Waals surface area contributed by atoms with Gasteiger partial charge in [-0.2, -0.15) is 8.42 Å². The molecule has 1 saturated carbocycles. The topological polar surface area (TPSA) is 89.9 Å². The van der Waals surface area contributed by atoms with Crippen LogP contribution in [0.1, 0.15) is 31.2 Å². The summed E-state index contributed by atoms with van der Waals surface area (Å²) in [5.41, 5.74) is -0.581. The smallest absolute Gasteiger partial charge is 0.337 e. The van der Waals surface area contributed by atoms with Gasteiger partial charge in [0.1, 0.15) is 0 Å². The maximum Gasteiger partial charge on any atom is 0.337 e. The number of hydrogen-bond donors (Lipinski definition) is 1. The molecule has 0 bridgehead atoms. The minimum absolute atomic E-state index is 0.104. The van der Waals surface area contributed by atoms with Crippen LogP contribution in [0.4, 0.5) is 0 Å². The van der Waals surface area contributed by atoms with Gasteiger partial charge in [0, 0.05) is 0 Å². The number of carbonyl (C=O) groups excluding carboxylic acids is 1. The van der Waals surface area contributed by atoms with Crippen molar-refractivity contribution in [2.45, 2.75) is 49.2 Å². The Balaban J connectivity index is 2.01. The molecule has 2 rings (SSSR count). The molecule has 0 amide bonds. The van der Waals surface area contributed by atoms with Crippen molar-refractivity contribution >= 4 is 16.1 Å². The van der Waals surface area contributed by atoms with Crippen molar-refractivity contribution in [1.82, 2.24) is 0 Å². The van der Waals surface area contributed by atoms with Gasteiger partial charge in [0.15, 0.2) is 5.60 Å². The minimum atomic E-state index is -3.84. The Hall–Kier alpha value is -1.44. The largest absolute Gasteiger partial charge is 0.467 e. The molecule has 1 N–H and O–H groups in total. The quantitative estimate of drug-likeness (QED) is 0.666. The van der Waals surface area contributed by atoms with Gasteiger partial charge in [-0.05, 0) is 44.7 Å². The molecular formula is C15H20O6S. The third-order valence-corrected chi connectivity index (χ3v) is 5.27. The lowest BCUT2D eigenvalue weighted by atomic mass is 9.83. The maximum atomic E-state index is 12.2. The lowest BCUT2D eigenvalue weighted by Crippen LogP contribution is -2.44. The molecule has 0 radical (unpaired) electrons. The second-order valence-electron chi connectivity index (χ2n) is 5.59. The summed E-state index contributed by atoms with van der Waals surface area (Å²) >= 11 is 0. The van der Waals surface area contributed by atoms with Gasteiger partial charge in [0.05, 0.1) is 18.1 Å². The van der Waals surface area contributed by atoms with Crippen molar-refractivity contribution in [3.63, 3.8) is 0 Å². The van der Waals surface area contributed by atoms with Crippen LogP contribution in [-0.2, 0) is 23.8 Å². The first-order valence-corrected chi connectivity index (χ1v) is 8.48. The summed E-state index contributed by atoms with van der Waals surface area (Å²) < 4.78 is 34.2. The van der Waals surface area contributed by atoms with Crippen molar-refractivity contribution in [3.05, 3.63) is 29.8 Å². The van der Waals surface area contributed by atoms with E-state index in [9.17, 15) is 18.3 Å². The zero-order valence-electron chi connectivity index (χ0n) is 12.6. The van der Waals surface area contributed by atoms with Crippen LogP contribution in [0.5, 0.6) is 0 Å². The molecule has 22 heavy (non-hydrogen) atoms. The van der Waals surface area contributed by atoms with E-state index >= 15 is 0 Å². The molecule has 1 aliphatic rings. The number of methoxy groups -OCH3 is 1. The summed E-state index contributed by atoms with van der Waals surface area (Å²) in [6.07, 6.45) is 0.241. The normalized spacial score (nSPS) is 25.7. The van der Waals surface area contributed by atoms with Crippen LogP contribution in [-0.4, -0.2) is 38.3 Å². The standard InChI is InChI=1S/C15H20O6S/c1-11-3-5-13(6-4-11)22(18,19)21-12-7-9-15(17,10-8-12)14(16)20-2/h3-6,12,17H,7-10H2,1-2H3. The van der Waals surface area contributed by atoms with Gasteiger partial charge in [0.25, 0.3) is 10.1 Å². The predicted octanol–water partition coefficient (Wildman–Crippen LogP) is 1.55. The molecule has 0 aliphatic heterocycles. The van der Waals surface area contributed by atoms with E-state index in [1.165, 1.54) is 19.2 Å². The number of aryl methyl sites for hydroxylation is 1. The Morgan fingerprint density at radius 3 is 2.27 bits per heavy atom. The van der Waals surface area contributed by atoms with E-state index in [0.717, 1.165) is 5.56 Å². The van der Waals surface area contributed by atoms with Gasteiger partial charge in [-0.3, -0.25) is 4.18 Å². The highest BCUT2D eigenvalue weighted by atomic mass is 32.2. The number of benzene rings is 1. The number of aliphatic hydroxyl groups is 1. The van der Waals surface area contributed by atoms with E-state index in [4.69, 9.17) is 4.18 Å². The van der Waals surface area contributed by atoms with E-state index in [1.807, 2.05) is 6.92 Å². The number of hydrogen-bond acceptors (Lipinski definition) is 6. The molecule has 0 heterocycles. The Morgan fingerprint density at radius 2 is 1.77 bits per heavy atom. The zero-order valence-corrected chi connectivity index (χ0v) is 13.4. The zero-order chi connectivity index (χ0) is 16.4. The van der Waals surface area contributed by atoms with Gasteiger partial charge in [-0.1, -0.05) is 17.7 Å². The summed E-state index contributed by atoms with van der Waals surface area (Å²) in [5.74, 6) is -0.688. The molecule has 1 fully saturated rings. The van der Waals surface area contributed by atoms with Crippen molar-refractivity contribution < 1.29 is 27.2 Å². The van der Waals surface area contributed by atoms with E-state index in [-0.39, 0.29) is 30.6 Å². The Labute approximate surface area is 130 Å². The van der Waals surface area contributed by atoms with Crippen molar-refractivity contribution in [2.75, 3.05) is 7.11 Å². The molecule has 0 aromatic heterocycles. The van der Waals surface area contributed by atoms with Crippen LogP contribution < -0.4 is 0 Å². The van der Waals surface area contributed by atoms with Crippen LogP contribution in [0.25, 0.3) is 0 Å². The molecule has 1 aliphatic carbocycles. The molecule has 7 heteroatoms. The van der Waals surface area contributed by atoms with Crippen molar-refractivity contribution in [3.8, 4) is 0 Å². The van der Waals surface area contributed by atoms with E-state index in [2.05, 4.69) is 4.74 Å². The minimum Gasteiger partial charge on any atom is -0.467 e. The van der Waals surface area contributed by atoms with Gasteiger partial charge in [0.2, 0.25) is 0 Å². The summed E-state index contributed by atoms with van der Waals surface area (Å²) in [4.78, 5) is 11.6. The Bertz CT molecular complexity index is 627. The second-order valence-corrected chi connectivity index (χ2v) is 7.16. The van der Waals surface area contributed by atoms with Gasteiger partial charge in [-0.25, -0.2) is 4.79 Å². The van der Waals surface area contributed by atoms with Gasteiger partial charge >= 0.3 is 5.97 Å². The average molecular weight is 328 g/mol. The van der Waals surface area contributed by atoms with Gasteiger partial charge in [-0.15, -0.1) is 0 Å². The van der Waals surface area contributed by atoms with Crippen LogP contribution >= 0.6 is 0 Å². The summed E-state index contributed by atoms with van der Waals surface area (Å²) in [6, 6.07) is 6.40. The fraction of sp³-hybridized carbons (Fsp3) is 0.533. The molecule has 0 unspecified atom stereocenters. The second kappa shape index (κ2) is 6.36. The lowest BCUT2D eigenvalue weighted by molar-refractivity contribution is -0.167. The number of esters is 1. The Kier molecular flexibility index (Phi) is 4.89. The fourth-order valence-electron chi connectivity index (χ4n) is 2.50. The molecule has 0 spiro atoms. The predicted molar refractivity (Wildman–Crippen MR) is 78.7 cm³/mol. The monoisotopic (exact) mass is 328 g/mol. The first-order valence-electron chi connectivity index (χ1n) is 7.07. The third kappa shape index (κ3) is 3.66. The molecule has 0 saturated heterocycles. The molecule has 0 atom stereocenters. The highest BCUT2D eigenvalue weighted by molar-refractivity contribution is 7.86. The Morgan fingerprint density at radius 1 is 1.23 bits per heavy atom. The fourth-order valence-corrected chi connectivity index (χ4v) is 3.63. The van der Waals surface area contributed by atoms with Gasteiger partial charge < -0.3 is 9.84 Å². The number of ether oxygens (including phenoxy) is 1. The maximum absolute atomic E-state index is 12.2. The van der Waals surface area contributed by atoms with E-state index in [1.54, 1.807) is 12.1 Å². The van der Waals surface area contributed by atoms with Crippen LogP contribution in [0.15, 0.2) is 29.2 Å². The molecule has 1 aromatic carbocycles. The summed E-state index contributed by atoms with van der Waals surface area (Å²) in [6.45, 7) is 1.87. The van der Waals surface area contributed by atoms with Crippen LogP contribution in [0.2, 0.25) is 0 Å². The third-order valence-electron chi connectivity index (χ3n) is 3.90. The average Bonchev–Trinajstić information content (AvgIpc) is 2.49. The number of carbonyl (C=O) groups is 1. The molecule has 1 aromatic rings. The summed E-state index contributed by atoms with van der Waals surface area (Å²) in [7, 11) is -2.62. The first-order chi connectivity index (χ1) is 10.3. The molecular weight excluding hydrogens is 308 g/mol. The highest BCUT2D eigenvalue weighted by Gasteiger charge is 2.42. The van der Waals surface area contributed by atoms with Crippen molar-refractivity contribution in [2.24, 2.45) is 0 Å². The SMILES string of the molecule is COC(=O)C1(O)CCC(OS(=O)(=O)c2ccc(C)cc2)CC1. The van der Waals surface area contributed by atoms with Crippen LogP contribution in [0, 0.1) is 6.92 Å². The molecule has 122 valence electrons. The van der Waals surface area contributed by atoms with E-state index < -0.39 is 27.8 Å². The van der Waals surface area contributed by atoms with E-state index in [0.29, 0.717) is 0 Å². The van der Waals surface area contributed by atoms with Crippen LogP contribution in [0.3, 0.4) is 0 Å². The highest BCUT2D eigenvalue weighted by Crippen LogP contribution is 2.32. The van der Waals surface area contributed by atoms with Crippen molar-refractivity contribution in [1.29, 1.82) is 0 Å². The molecule has 6 nitrogen and oxygen atoms in total.